The summed E-state index contributed by atoms with van der Waals surface area (Å²) >= 11 is 0. The van der Waals surface area contributed by atoms with Crippen LogP contribution in [0.1, 0.15) is 17.5 Å². The van der Waals surface area contributed by atoms with Gasteiger partial charge < -0.3 is 10.2 Å². The molecule has 0 saturated carbocycles. The Labute approximate surface area is 56.3 Å². The largest absolute Gasteiger partial charge is 0.363 e. The van der Waals surface area contributed by atoms with Gasteiger partial charge in [0.15, 0.2) is 6.29 Å². The van der Waals surface area contributed by atoms with Crippen molar-refractivity contribution in [1.82, 2.24) is 10.2 Å². The minimum atomic E-state index is -1.67. The van der Waals surface area contributed by atoms with Crippen molar-refractivity contribution in [1.29, 1.82) is 0 Å². The maximum Gasteiger partial charge on any atom is 0.195 e. The van der Waals surface area contributed by atoms with E-state index in [1.807, 2.05) is 0 Å². The van der Waals surface area contributed by atoms with E-state index in [-0.39, 0.29) is 11.3 Å². The Kier molecular flexibility index (Phi) is 1.98. The second-order valence-corrected chi connectivity index (χ2v) is 1.82. The van der Waals surface area contributed by atoms with Gasteiger partial charge in [-0.3, -0.25) is 5.10 Å². The minimum Gasteiger partial charge on any atom is -0.363 e. The highest BCUT2D eigenvalue weighted by atomic mass is 19.1. The van der Waals surface area contributed by atoms with Gasteiger partial charge in [0.05, 0.1) is 11.9 Å². The maximum atomic E-state index is 11.9. The fraction of sp³-hybridized carbons (Fsp3) is 0.400. The summed E-state index contributed by atoms with van der Waals surface area (Å²) in [5.74, 6) is 0. The lowest BCUT2D eigenvalue weighted by Gasteiger charge is -1.99. The third kappa shape index (κ3) is 1.14. The third-order valence-corrected chi connectivity index (χ3v) is 1.15. The predicted molar refractivity (Wildman–Crippen MR) is 30.6 cm³/mol. The predicted octanol–water partition coefficient (Wildman–Crippen LogP) is -0.138. The van der Waals surface area contributed by atoms with Crippen molar-refractivity contribution in [3.63, 3.8) is 0 Å². The zero-order valence-corrected chi connectivity index (χ0v) is 5.08. The first-order chi connectivity index (χ1) is 4.75. The van der Waals surface area contributed by atoms with Crippen LogP contribution in [0, 0.1) is 0 Å². The van der Waals surface area contributed by atoms with E-state index in [4.69, 9.17) is 10.2 Å². The highest BCUT2D eigenvalue weighted by molar-refractivity contribution is 5.15. The topological polar surface area (TPSA) is 69.1 Å². The van der Waals surface area contributed by atoms with Crippen molar-refractivity contribution >= 4 is 0 Å². The molecule has 0 amide bonds. The minimum absolute atomic E-state index is 0.0162. The van der Waals surface area contributed by atoms with E-state index in [1.54, 1.807) is 0 Å². The Morgan fingerprint density at radius 3 is 2.80 bits per heavy atom. The SMILES string of the molecule is OC(O)c1[nH]ncc1CF. The molecule has 0 atom stereocenters. The molecule has 3 N–H and O–H groups in total. The first-order valence-electron chi connectivity index (χ1n) is 2.70. The molecule has 5 heteroatoms. The van der Waals surface area contributed by atoms with Gasteiger partial charge in [-0.1, -0.05) is 0 Å². The summed E-state index contributed by atoms with van der Waals surface area (Å²) in [4.78, 5) is 0. The van der Waals surface area contributed by atoms with Gasteiger partial charge in [-0.25, -0.2) is 4.39 Å². The van der Waals surface area contributed by atoms with Crippen LogP contribution < -0.4 is 0 Å². The van der Waals surface area contributed by atoms with Gasteiger partial charge >= 0.3 is 0 Å². The smallest absolute Gasteiger partial charge is 0.195 e. The van der Waals surface area contributed by atoms with Crippen molar-refractivity contribution < 1.29 is 14.6 Å². The van der Waals surface area contributed by atoms with Crippen molar-refractivity contribution in [2.45, 2.75) is 13.0 Å². The molecule has 56 valence electrons. The number of hydrogen-bond acceptors (Lipinski definition) is 3. The number of aromatic amines is 1. The Bertz CT molecular complexity index is 211. The van der Waals surface area contributed by atoms with Gasteiger partial charge in [0.2, 0.25) is 0 Å². The molecule has 0 radical (unpaired) electrons. The summed E-state index contributed by atoms with van der Waals surface area (Å²) < 4.78 is 11.9. The summed E-state index contributed by atoms with van der Waals surface area (Å²) in [5.41, 5.74) is 0.192. The number of aliphatic hydroxyl groups excluding tert-OH is 1. The second-order valence-electron chi connectivity index (χ2n) is 1.82. The molecular weight excluding hydrogens is 139 g/mol. The highest BCUT2D eigenvalue weighted by Gasteiger charge is 2.10. The first kappa shape index (κ1) is 7.17. The highest BCUT2D eigenvalue weighted by Crippen LogP contribution is 2.12. The molecule has 0 unspecified atom stereocenters. The van der Waals surface area contributed by atoms with Crippen molar-refractivity contribution in [2.24, 2.45) is 0 Å². The molecule has 4 nitrogen and oxygen atoms in total. The average Bonchev–Trinajstić information content (AvgIpc) is 2.33. The van der Waals surface area contributed by atoms with E-state index < -0.39 is 13.0 Å². The number of H-pyrrole nitrogens is 1. The summed E-state index contributed by atoms with van der Waals surface area (Å²) in [6.07, 6.45) is -0.456. The number of halogens is 1. The molecular formula is C5H7FN2O2. The molecule has 0 aliphatic carbocycles. The summed E-state index contributed by atoms with van der Waals surface area (Å²) in [6, 6.07) is 0. The molecule has 1 aromatic rings. The van der Waals surface area contributed by atoms with E-state index in [9.17, 15) is 4.39 Å². The van der Waals surface area contributed by atoms with Gasteiger partial charge in [0.1, 0.15) is 6.67 Å². The fourth-order valence-electron chi connectivity index (χ4n) is 0.651. The average molecular weight is 146 g/mol. The zero-order chi connectivity index (χ0) is 7.56. The van der Waals surface area contributed by atoms with Gasteiger partial charge in [-0.2, -0.15) is 5.10 Å². The summed E-state index contributed by atoms with van der Waals surface area (Å²) in [5, 5.41) is 22.8. The fourth-order valence-corrected chi connectivity index (χ4v) is 0.651. The normalized spacial score (nSPS) is 10.8. The molecule has 0 bridgehead atoms. The number of nitrogens with one attached hydrogen (secondary N) is 1. The van der Waals surface area contributed by atoms with E-state index >= 15 is 0 Å². The van der Waals surface area contributed by atoms with Gasteiger partial charge in [0.25, 0.3) is 0 Å². The Hall–Kier alpha value is -0.940. The monoisotopic (exact) mass is 146 g/mol. The van der Waals surface area contributed by atoms with Crippen LogP contribution in [-0.4, -0.2) is 20.4 Å². The number of rotatable bonds is 2. The Morgan fingerprint density at radius 1 is 1.70 bits per heavy atom. The number of hydrogen-bond donors (Lipinski definition) is 3. The molecule has 0 aromatic carbocycles. The lowest BCUT2D eigenvalue weighted by Crippen LogP contribution is -1.98. The molecule has 0 spiro atoms. The summed E-state index contributed by atoms with van der Waals surface area (Å²) in [6.45, 7) is -0.747. The van der Waals surface area contributed by atoms with Crippen LogP contribution >= 0.6 is 0 Å². The van der Waals surface area contributed by atoms with Crippen molar-refractivity contribution in [2.75, 3.05) is 0 Å². The number of aromatic nitrogens is 2. The van der Waals surface area contributed by atoms with Gasteiger partial charge in [-0.15, -0.1) is 0 Å². The Morgan fingerprint density at radius 2 is 2.40 bits per heavy atom. The van der Waals surface area contributed by atoms with Gasteiger partial charge in [0, 0.05) is 5.56 Å². The zero-order valence-electron chi connectivity index (χ0n) is 5.08. The lowest BCUT2D eigenvalue weighted by atomic mass is 10.3. The third-order valence-electron chi connectivity index (χ3n) is 1.15. The molecule has 0 aliphatic rings. The maximum absolute atomic E-state index is 11.9. The first-order valence-corrected chi connectivity index (χ1v) is 2.70. The molecule has 0 fully saturated rings. The van der Waals surface area contributed by atoms with Crippen LogP contribution in [-0.2, 0) is 6.67 Å². The quantitative estimate of drug-likeness (QED) is 0.509. The van der Waals surface area contributed by atoms with Crippen LogP contribution in [0.5, 0.6) is 0 Å². The van der Waals surface area contributed by atoms with E-state index in [2.05, 4.69) is 10.2 Å². The van der Waals surface area contributed by atoms with Crippen molar-refractivity contribution in [3.8, 4) is 0 Å². The van der Waals surface area contributed by atoms with E-state index in [1.165, 1.54) is 6.20 Å². The van der Waals surface area contributed by atoms with Crippen LogP contribution in [0.3, 0.4) is 0 Å². The standard InChI is InChI=1S/C5H7FN2O2/c6-1-3-2-7-8-4(3)5(9)10/h2,5,9-10H,1H2,(H,7,8). The summed E-state index contributed by atoms with van der Waals surface area (Å²) in [7, 11) is 0. The van der Waals surface area contributed by atoms with Crippen LogP contribution in [0.4, 0.5) is 4.39 Å². The molecule has 1 heterocycles. The number of nitrogens with zero attached hydrogens (tertiary/aromatic N) is 1. The number of alkyl halides is 1. The molecule has 1 rings (SSSR count). The van der Waals surface area contributed by atoms with Crippen molar-refractivity contribution in [3.05, 3.63) is 17.5 Å². The molecule has 1 aromatic heterocycles. The molecule has 0 aliphatic heterocycles. The molecule has 10 heavy (non-hydrogen) atoms. The van der Waals surface area contributed by atoms with Crippen LogP contribution in [0.25, 0.3) is 0 Å². The molecule has 0 saturated heterocycles. The Balaban J connectivity index is 2.90. The second kappa shape index (κ2) is 2.76. The van der Waals surface area contributed by atoms with Gasteiger partial charge in [-0.05, 0) is 0 Å². The lowest BCUT2D eigenvalue weighted by molar-refractivity contribution is -0.0467. The van der Waals surface area contributed by atoms with E-state index in [0.717, 1.165) is 0 Å². The number of aliphatic hydroxyl groups is 2. The van der Waals surface area contributed by atoms with Crippen LogP contribution in [0.15, 0.2) is 6.20 Å². The van der Waals surface area contributed by atoms with Crippen LogP contribution in [0.2, 0.25) is 0 Å². The van der Waals surface area contributed by atoms with E-state index in [0.29, 0.717) is 0 Å².